The number of fused-ring (bicyclic) bond motifs is 1. The van der Waals surface area contributed by atoms with Crippen LogP contribution < -0.4 is 0 Å². The Morgan fingerprint density at radius 2 is 1.93 bits per heavy atom. The summed E-state index contributed by atoms with van der Waals surface area (Å²) in [6.45, 7) is 2.27. The zero-order valence-electron chi connectivity index (χ0n) is 9.29. The van der Waals surface area contributed by atoms with Crippen LogP contribution in [0, 0.1) is 0 Å². The van der Waals surface area contributed by atoms with Crippen molar-refractivity contribution in [1.29, 1.82) is 0 Å². The smallest absolute Gasteiger partial charge is 0.0482 e. The van der Waals surface area contributed by atoms with E-state index in [-0.39, 0.29) is 0 Å². The minimum absolute atomic E-state index is 1.28. The average molecular weight is 238 g/mol. The summed E-state index contributed by atoms with van der Waals surface area (Å²) in [6.07, 6.45) is 8.20. The highest BCUT2D eigenvalue weighted by molar-refractivity contribution is 7.26. The Morgan fingerprint density at radius 1 is 1.07 bits per heavy atom. The highest BCUT2D eigenvalue weighted by Crippen LogP contribution is 2.31. The molecule has 2 heterocycles. The minimum atomic E-state index is 1.28. The molecule has 0 atom stereocenters. The van der Waals surface area contributed by atoms with Crippen LogP contribution in [0.15, 0.2) is 16.8 Å². The minimum Gasteiger partial charge on any atom is -0.143 e. The van der Waals surface area contributed by atoms with Crippen LogP contribution in [-0.4, -0.2) is 0 Å². The van der Waals surface area contributed by atoms with E-state index in [1.165, 1.54) is 47.9 Å². The van der Waals surface area contributed by atoms with Crippen molar-refractivity contribution >= 4 is 32.1 Å². The maximum absolute atomic E-state index is 2.35. The summed E-state index contributed by atoms with van der Waals surface area (Å²) in [4.78, 5) is 0. The van der Waals surface area contributed by atoms with E-state index in [9.17, 15) is 0 Å². The number of hydrogen-bond acceptors (Lipinski definition) is 2. The van der Waals surface area contributed by atoms with Crippen molar-refractivity contribution in [2.45, 2.75) is 45.4 Å². The molecule has 0 spiro atoms. The van der Waals surface area contributed by atoms with E-state index in [1.807, 2.05) is 22.7 Å². The van der Waals surface area contributed by atoms with Crippen LogP contribution in [0.4, 0.5) is 0 Å². The first kappa shape index (κ1) is 11.2. The molecule has 0 fully saturated rings. The van der Waals surface area contributed by atoms with E-state index >= 15 is 0 Å². The highest BCUT2D eigenvalue weighted by atomic mass is 32.1. The third-order valence-corrected chi connectivity index (χ3v) is 4.91. The van der Waals surface area contributed by atoms with Crippen molar-refractivity contribution in [1.82, 2.24) is 0 Å². The second-order valence-electron chi connectivity index (χ2n) is 4.04. The molecule has 0 N–H and O–H groups in total. The van der Waals surface area contributed by atoms with Crippen LogP contribution in [0.2, 0.25) is 0 Å². The molecule has 0 radical (unpaired) electrons. The zero-order chi connectivity index (χ0) is 10.5. The van der Waals surface area contributed by atoms with Gasteiger partial charge in [0.25, 0.3) is 0 Å². The van der Waals surface area contributed by atoms with Crippen LogP contribution in [0.25, 0.3) is 9.40 Å². The summed E-state index contributed by atoms with van der Waals surface area (Å²) >= 11 is 3.80. The first-order valence-corrected chi connectivity index (χ1v) is 7.61. The summed E-state index contributed by atoms with van der Waals surface area (Å²) in [5.74, 6) is 0. The fourth-order valence-electron chi connectivity index (χ4n) is 1.90. The predicted octanol–water partition coefficient (Wildman–Crippen LogP) is 5.48. The quantitative estimate of drug-likeness (QED) is 0.585. The Hall–Kier alpha value is -0.340. The molecule has 82 valence electrons. The maximum Gasteiger partial charge on any atom is 0.0482 e. The number of aryl methyl sites for hydroxylation is 1. The van der Waals surface area contributed by atoms with E-state index in [0.29, 0.717) is 0 Å². The van der Waals surface area contributed by atoms with Gasteiger partial charge in [-0.1, -0.05) is 32.6 Å². The lowest BCUT2D eigenvalue weighted by molar-refractivity contribution is 0.633. The van der Waals surface area contributed by atoms with E-state index in [0.717, 1.165) is 0 Å². The largest absolute Gasteiger partial charge is 0.143 e. The number of thiophene rings is 2. The van der Waals surface area contributed by atoms with E-state index in [1.54, 1.807) is 5.56 Å². The number of unbranched alkanes of at least 4 members (excludes halogenated alkanes) is 4. The molecule has 0 aliphatic carbocycles. The molecule has 2 heteroatoms. The maximum atomic E-state index is 2.35. The van der Waals surface area contributed by atoms with E-state index in [4.69, 9.17) is 0 Å². The Labute approximate surface area is 99.9 Å². The van der Waals surface area contributed by atoms with Gasteiger partial charge in [0.15, 0.2) is 0 Å². The summed E-state index contributed by atoms with van der Waals surface area (Å²) in [7, 11) is 0. The standard InChI is InChI=1S/C13H18S2/c1-2-3-4-5-6-7-11-10-15-12-8-9-14-13(11)12/h8-10H,2-7H2,1H3. The highest BCUT2D eigenvalue weighted by Gasteiger charge is 2.04. The first-order valence-electron chi connectivity index (χ1n) is 5.85. The van der Waals surface area contributed by atoms with Crippen molar-refractivity contribution in [3.05, 3.63) is 22.4 Å². The van der Waals surface area contributed by atoms with Crippen molar-refractivity contribution in [3.8, 4) is 0 Å². The van der Waals surface area contributed by atoms with Crippen LogP contribution in [-0.2, 0) is 6.42 Å². The van der Waals surface area contributed by atoms with Gasteiger partial charge in [-0.3, -0.25) is 0 Å². The van der Waals surface area contributed by atoms with E-state index < -0.39 is 0 Å². The molecule has 0 amide bonds. The molecule has 0 aliphatic heterocycles. The summed E-state index contributed by atoms with van der Waals surface area (Å²) in [5.41, 5.74) is 1.58. The van der Waals surface area contributed by atoms with Gasteiger partial charge in [0.1, 0.15) is 0 Å². The van der Waals surface area contributed by atoms with Crippen LogP contribution in [0.1, 0.15) is 44.6 Å². The third kappa shape index (κ3) is 2.82. The zero-order valence-corrected chi connectivity index (χ0v) is 10.9. The van der Waals surface area contributed by atoms with Gasteiger partial charge >= 0.3 is 0 Å². The normalized spacial score (nSPS) is 11.3. The third-order valence-electron chi connectivity index (χ3n) is 2.80. The van der Waals surface area contributed by atoms with E-state index in [2.05, 4.69) is 23.8 Å². The van der Waals surface area contributed by atoms with Crippen molar-refractivity contribution in [3.63, 3.8) is 0 Å². The van der Waals surface area contributed by atoms with Gasteiger partial charge in [-0.15, -0.1) is 22.7 Å². The van der Waals surface area contributed by atoms with Gasteiger partial charge in [0, 0.05) is 9.40 Å². The lowest BCUT2D eigenvalue weighted by Gasteiger charge is -1.98. The summed E-state index contributed by atoms with van der Waals surface area (Å²) in [5, 5.41) is 4.56. The average Bonchev–Trinajstić information content (AvgIpc) is 2.81. The number of rotatable bonds is 6. The lowest BCUT2D eigenvalue weighted by atomic mass is 10.1. The second-order valence-corrected chi connectivity index (χ2v) is 5.87. The Kier molecular flexibility index (Phi) is 4.21. The fraction of sp³-hybridized carbons (Fsp3) is 0.538. The van der Waals surface area contributed by atoms with Crippen molar-refractivity contribution in [2.24, 2.45) is 0 Å². The summed E-state index contributed by atoms with van der Waals surface area (Å²) in [6, 6.07) is 2.24. The van der Waals surface area contributed by atoms with Crippen LogP contribution in [0.5, 0.6) is 0 Å². The Balaban J connectivity index is 1.82. The van der Waals surface area contributed by atoms with Gasteiger partial charge in [-0.2, -0.15) is 0 Å². The molecule has 0 nitrogen and oxygen atoms in total. The molecule has 0 saturated carbocycles. The molecular formula is C13H18S2. The molecule has 0 aromatic carbocycles. The number of hydrogen-bond donors (Lipinski definition) is 0. The Bertz CT molecular complexity index is 397. The van der Waals surface area contributed by atoms with Gasteiger partial charge in [0.05, 0.1) is 0 Å². The lowest BCUT2D eigenvalue weighted by Crippen LogP contribution is -1.83. The van der Waals surface area contributed by atoms with Gasteiger partial charge in [-0.25, -0.2) is 0 Å². The Morgan fingerprint density at radius 3 is 2.80 bits per heavy atom. The molecule has 2 rings (SSSR count). The molecule has 2 aromatic heterocycles. The van der Waals surface area contributed by atoms with Gasteiger partial charge < -0.3 is 0 Å². The monoisotopic (exact) mass is 238 g/mol. The summed E-state index contributed by atoms with van der Waals surface area (Å²) < 4.78 is 3.01. The van der Waals surface area contributed by atoms with Crippen molar-refractivity contribution < 1.29 is 0 Å². The van der Waals surface area contributed by atoms with Crippen LogP contribution >= 0.6 is 22.7 Å². The molecule has 15 heavy (non-hydrogen) atoms. The molecule has 0 saturated heterocycles. The molecular weight excluding hydrogens is 220 g/mol. The van der Waals surface area contributed by atoms with Gasteiger partial charge in [0.2, 0.25) is 0 Å². The van der Waals surface area contributed by atoms with Gasteiger partial charge in [-0.05, 0) is 35.2 Å². The molecule has 0 unspecified atom stereocenters. The van der Waals surface area contributed by atoms with Crippen LogP contribution in [0.3, 0.4) is 0 Å². The second kappa shape index (κ2) is 5.66. The first-order chi connectivity index (χ1) is 7.42. The SMILES string of the molecule is CCCCCCCc1csc2ccsc12. The molecule has 2 aromatic rings. The topological polar surface area (TPSA) is 0 Å². The fourth-order valence-corrected chi connectivity index (χ4v) is 4.08. The van der Waals surface area contributed by atoms with Crippen molar-refractivity contribution in [2.75, 3.05) is 0 Å². The molecule has 0 aliphatic rings. The molecule has 0 bridgehead atoms. The predicted molar refractivity (Wildman–Crippen MR) is 72.2 cm³/mol.